The van der Waals surface area contributed by atoms with Crippen molar-refractivity contribution in [2.24, 2.45) is 7.05 Å². The molecule has 1 aliphatic rings. The van der Waals surface area contributed by atoms with Crippen LogP contribution in [0.4, 0.5) is 0 Å². The Hall–Kier alpha value is -2.46. The fourth-order valence-corrected chi connectivity index (χ4v) is 4.05. The van der Waals surface area contributed by atoms with Crippen molar-refractivity contribution in [2.75, 3.05) is 20.2 Å². The summed E-state index contributed by atoms with van der Waals surface area (Å²) in [5.74, 6) is 1.71. The van der Waals surface area contributed by atoms with Gasteiger partial charge in [-0.1, -0.05) is 24.6 Å². The molecule has 0 unspecified atom stereocenters. The van der Waals surface area contributed by atoms with E-state index in [1.807, 2.05) is 24.3 Å². The summed E-state index contributed by atoms with van der Waals surface area (Å²) in [7, 11) is 3.83. The van der Waals surface area contributed by atoms with Gasteiger partial charge in [-0.05, 0) is 61.8 Å². The zero-order valence-corrected chi connectivity index (χ0v) is 16.3. The Morgan fingerprint density at radius 2 is 1.59 bits per heavy atom. The smallest absolute Gasteiger partial charge is 0.129 e. The molecule has 0 N–H and O–H groups in total. The molecule has 2 heterocycles. The van der Waals surface area contributed by atoms with Crippen LogP contribution in [0.15, 0.2) is 48.5 Å². The molecule has 1 aromatic heterocycles. The molecule has 1 aliphatic heterocycles. The predicted molar refractivity (Wildman–Crippen MR) is 109 cm³/mol. The quantitative estimate of drug-likeness (QED) is 0.631. The second kappa shape index (κ2) is 8.05. The number of piperidine rings is 1. The lowest BCUT2D eigenvalue weighted by Gasteiger charge is -2.26. The van der Waals surface area contributed by atoms with Crippen molar-refractivity contribution in [2.45, 2.75) is 32.4 Å². The van der Waals surface area contributed by atoms with Gasteiger partial charge in [0.2, 0.25) is 0 Å². The number of aryl methyl sites for hydroxylation is 1. The number of methoxy groups -OCH3 is 1. The van der Waals surface area contributed by atoms with Gasteiger partial charge in [0.05, 0.1) is 12.8 Å². The van der Waals surface area contributed by atoms with Gasteiger partial charge in [-0.15, -0.1) is 0 Å². The molecule has 4 heteroatoms. The van der Waals surface area contributed by atoms with Crippen LogP contribution in [-0.2, 0) is 20.2 Å². The summed E-state index contributed by atoms with van der Waals surface area (Å²) in [5, 5.41) is 1.35. The van der Waals surface area contributed by atoms with Crippen molar-refractivity contribution in [3.63, 3.8) is 0 Å². The molecule has 0 radical (unpaired) electrons. The van der Waals surface area contributed by atoms with Gasteiger partial charge in [-0.25, -0.2) is 0 Å². The standard InChI is InChI=1S/C23H28N2O2/c1-24-22-9-5-4-8-20(22)21(16-25-14-6-3-7-15-25)23(24)17-27-19-12-10-18(26-2)11-13-19/h4-5,8-13H,3,6-7,14-17H2,1-2H3. The minimum Gasteiger partial charge on any atom is -0.497 e. The van der Waals surface area contributed by atoms with Crippen molar-refractivity contribution >= 4 is 10.9 Å². The highest BCUT2D eigenvalue weighted by molar-refractivity contribution is 5.85. The van der Waals surface area contributed by atoms with Gasteiger partial charge in [0, 0.05) is 24.5 Å². The Bertz CT molecular complexity index is 893. The number of aromatic nitrogens is 1. The first-order valence-corrected chi connectivity index (χ1v) is 9.80. The van der Waals surface area contributed by atoms with E-state index in [-0.39, 0.29) is 0 Å². The second-order valence-electron chi connectivity index (χ2n) is 7.30. The minimum absolute atomic E-state index is 0.570. The van der Waals surface area contributed by atoms with Gasteiger partial charge in [0.15, 0.2) is 0 Å². The fourth-order valence-electron chi connectivity index (χ4n) is 4.05. The first kappa shape index (κ1) is 17.9. The summed E-state index contributed by atoms with van der Waals surface area (Å²) in [6, 6.07) is 16.5. The number of nitrogens with zero attached hydrogens (tertiary/aromatic N) is 2. The van der Waals surface area contributed by atoms with E-state index in [1.54, 1.807) is 7.11 Å². The zero-order valence-electron chi connectivity index (χ0n) is 16.3. The maximum Gasteiger partial charge on any atom is 0.129 e. The van der Waals surface area contributed by atoms with E-state index in [1.165, 1.54) is 54.5 Å². The topological polar surface area (TPSA) is 26.6 Å². The summed E-state index contributed by atoms with van der Waals surface area (Å²) in [6.45, 7) is 3.97. The van der Waals surface area contributed by atoms with Crippen LogP contribution in [0, 0.1) is 0 Å². The highest BCUT2D eigenvalue weighted by atomic mass is 16.5. The molecule has 0 atom stereocenters. The lowest BCUT2D eigenvalue weighted by atomic mass is 10.1. The minimum atomic E-state index is 0.570. The number of rotatable bonds is 6. The highest BCUT2D eigenvalue weighted by Crippen LogP contribution is 2.29. The van der Waals surface area contributed by atoms with Crippen LogP contribution in [0.2, 0.25) is 0 Å². The third kappa shape index (κ3) is 3.81. The van der Waals surface area contributed by atoms with E-state index in [2.05, 4.69) is 40.8 Å². The molecule has 4 nitrogen and oxygen atoms in total. The van der Waals surface area contributed by atoms with E-state index in [0.29, 0.717) is 6.61 Å². The maximum absolute atomic E-state index is 6.14. The third-order valence-corrected chi connectivity index (χ3v) is 5.61. The normalized spacial score (nSPS) is 15.2. The first-order valence-electron chi connectivity index (χ1n) is 9.80. The molecule has 4 rings (SSSR count). The van der Waals surface area contributed by atoms with Gasteiger partial charge in [0.1, 0.15) is 18.1 Å². The van der Waals surface area contributed by atoms with Gasteiger partial charge in [-0.2, -0.15) is 0 Å². The molecular formula is C23H28N2O2. The Morgan fingerprint density at radius 3 is 2.33 bits per heavy atom. The summed E-state index contributed by atoms with van der Waals surface area (Å²) >= 11 is 0. The van der Waals surface area contributed by atoms with E-state index >= 15 is 0 Å². The monoisotopic (exact) mass is 364 g/mol. The second-order valence-corrected chi connectivity index (χ2v) is 7.30. The Labute approximate surface area is 161 Å². The largest absolute Gasteiger partial charge is 0.497 e. The Kier molecular flexibility index (Phi) is 5.35. The van der Waals surface area contributed by atoms with Crippen molar-refractivity contribution in [3.05, 3.63) is 59.8 Å². The summed E-state index contributed by atoms with van der Waals surface area (Å²) < 4.78 is 13.7. The van der Waals surface area contributed by atoms with Gasteiger partial charge >= 0.3 is 0 Å². The number of hydrogen-bond donors (Lipinski definition) is 0. The zero-order chi connectivity index (χ0) is 18.6. The molecule has 3 aromatic rings. The van der Waals surface area contributed by atoms with E-state index in [4.69, 9.17) is 9.47 Å². The number of likely N-dealkylation sites (tertiary alicyclic amines) is 1. The number of ether oxygens (including phenoxy) is 2. The Balaban J connectivity index is 1.61. The molecule has 2 aromatic carbocycles. The van der Waals surface area contributed by atoms with Gasteiger partial charge in [-0.3, -0.25) is 4.90 Å². The van der Waals surface area contributed by atoms with E-state index in [9.17, 15) is 0 Å². The summed E-state index contributed by atoms with van der Waals surface area (Å²) in [4.78, 5) is 2.59. The van der Waals surface area contributed by atoms with Crippen molar-refractivity contribution < 1.29 is 9.47 Å². The molecule has 1 fully saturated rings. The average molecular weight is 364 g/mol. The van der Waals surface area contributed by atoms with E-state index < -0.39 is 0 Å². The molecule has 0 bridgehead atoms. The summed E-state index contributed by atoms with van der Waals surface area (Å²) in [6.07, 6.45) is 3.98. The number of hydrogen-bond acceptors (Lipinski definition) is 3. The van der Waals surface area contributed by atoms with Crippen molar-refractivity contribution in [3.8, 4) is 11.5 Å². The van der Waals surface area contributed by atoms with Crippen LogP contribution in [0.3, 0.4) is 0 Å². The molecule has 0 amide bonds. The molecule has 0 spiro atoms. The predicted octanol–water partition coefficient (Wildman–Crippen LogP) is 4.75. The maximum atomic E-state index is 6.14. The molecule has 27 heavy (non-hydrogen) atoms. The molecular weight excluding hydrogens is 336 g/mol. The average Bonchev–Trinajstić information content (AvgIpc) is 2.99. The molecule has 142 valence electrons. The van der Waals surface area contributed by atoms with Crippen LogP contribution >= 0.6 is 0 Å². The van der Waals surface area contributed by atoms with Gasteiger partial charge in [0.25, 0.3) is 0 Å². The highest BCUT2D eigenvalue weighted by Gasteiger charge is 2.19. The first-order chi connectivity index (χ1) is 13.3. The molecule has 0 saturated carbocycles. The van der Waals surface area contributed by atoms with Crippen molar-refractivity contribution in [1.82, 2.24) is 9.47 Å². The van der Waals surface area contributed by atoms with Crippen molar-refractivity contribution in [1.29, 1.82) is 0 Å². The summed E-state index contributed by atoms with van der Waals surface area (Å²) in [5.41, 5.74) is 3.94. The number of benzene rings is 2. The fraction of sp³-hybridized carbons (Fsp3) is 0.391. The number of para-hydroxylation sites is 1. The SMILES string of the molecule is COc1ccc(OCc2c(CN3CCCCC3)c3ccccc3n2C)cc1. The third-order valence-electron chi connectivity index (χ3n) is 5.61. The van der Waals surface area contributed by atoms with Crippen LogP contribution in [0.1, 0.15) is 30.5 Å². The lowest BCUT2D eigenvalue weighted by Crippen LogP contribution is -2.29. The molecule has 0 aliphatic carbocycles. The van der Waals surface area contributed by atoms with Crippen LogP contribution in [0.25, 0.3) is 10.9 Å². The van der Waals surface area contributed by atoms with Crippen LogP contribution < -0.4 is 9.47 Å². The Morgan fingerprint density at radius 1 is 0.889 bits per heavy atom. The van der Waals surface area contributed by atoms with Crippen LogP contribution in [0.5, 0.6) is 11.5 Å². The lowest BCUT2D eigenvalue weighted by molar-refractivity contribution is 0.218. The van der Waals surface area contributed by atoms with Gasteiger partial charge < -0.3 is 14.0 Å². The van der Waals surface area contributed by atoms with E-state index in [0.717, 1.165) is 18.0 Å². The van der Waals surface area contributed by atoms with Crippen LogP contribution in [-0.4, -0.2) is 29.7 Å². The molecule has 1 saturated heterocycles. The number of fused-ring (bicyclic) bond motifs is 1.